The average molecular weight is 734 g/mol. The van der Waals surface area contributed by atoms with Gasteiger partial charge in [-0.1, -0.05) is 42.0 Å². The molecule has 0 aliphatic carbocycles. The van der Waals surface area contributed by atoms with Crippen LogP contribution >= 0.6 is 11.6 Å². The normalized spacial score (nSPS) is 21.0. The van der Waals surface area contributed by atoms with Crippen LogP contribution in [0.15, 0.2) is 72.1 Å². The molecule has 0 saturated carbocycles. The number of hydrogen-bond acceptors (Lipinski definition) is 10. The minimum Gasteiger partial charge on any atom is -0.507 e. The molecule has 2 aliphatic rings. The number of esters is 1. The van der Waals surface area contributed by atoms with E-state index in [1.807, 2.05) is 24.3 Å². The summed E-state index contributed by atoms with van der Waals surface area (Å²) in [5, 5.41) is 20.0. The highest BCUT2D eigenvalue weighted by atomic mass is 35.5. The van der Waals surface area contributed by atoms with E-state index in [4.69, 9.17) is 25.8 Å². The van der Waals surface area contributed by atoms with Crippen molar-refractivity contribution in [2.45, 2.75) is 62.1 Å². The molecular weight excluding hydrogens is 703 g/mol. The summed E-state index contributed by atoms with van der Waals surface area (Å²) in [5.41, 5.74) is 2.11. The fourth-order valence-corrected chi connectivity index (χ4v) is 6.35. The molecule has 16 heteroatoms. The first-order valence-electron chi connectivity index (χ1n) is 15.1. The van der Waals surface area contributed by atoms with E-state index in [0.29, 0.717) is 28.4 Å². The standard InChI is InChI=1S/C18H17ClO6.C16H14F3N3O2S/c1-9-6-15-14(25-15)5-3-2-4-10(20)7-11-16(18(23)24-9)12(21)8-13(22)17(11)19;1-10-13(20-7-6-14(10)24-9-16(17,18)19)8-25(23)15-21-11-4-2-3-5-12(11)22-15/h2-5,8-9,14-15,21-22H,6-7H2,1H3;2-7H,8-9H2,1H3,(H,21,22)/b4-2-,5-3+;/t9-,14-,15-;/m1./s1. The number of epoxide rings is 1. The second-order valence-corrected chi connectivity index (χ2v) is 13.1. The maximum atomic E-state index is 12.5. The van der Waals surface area contributed by atoms with Crippen LogP contribution < -0.4 is 4.74 Å². The Morgan fingerprint density at radius 2 is 1.90 bits per heavy atom. The Morgan fingerprint density at radius 1 is 1.14 bits per heavy atom. The molecule has 0 spiro atoms. The number of cyclic esters (lactones) is 1. The monoisotopic (exact) mass is 733 g/mol. The SMILES string of the molecule is C[C@@H]1C[C@H]2O[C@@H]2/C=C/C=C\C(=O)Cc2c(Cl)c(O)cc(O)c2C(=O)O1.Cc1c(OCC(F)(F)F)ccnc1CS(=O)c1nc2ccccc2[nH]1. The summed E-state index contributed by atoms with van der Waals surface area (Å²) < 4.78 is 65.0. The maximum Gasteiger partial charge on any atom is 0.422 e. The number of aromatic hydroxyl groups is 2. The number of aromatic nitrogens is 3. The zero-order valence-electron chi connectivity index (χ0n) is 26.6. The number of pyridine rings is 1. The number of ether oxygens (including phenoxy) is 3. The zero-order valence-corrected chi connectivity index (χ0v) is 28.1. The Morgan fingerprint density at radius 3 is 2.64 bits per heavy atom. The highest BCUT2D eigenvalue weighted by Gasteiger charge is 2.38. The molecular formula is C34H31ClF3N3O8S. The number of carbonyl (C=O) groups is 2. The van der Waals surface area contributed by atoms with Crippen molar-refractivity contribution in [1.29, 1.82) is 0 Å². The number of aromatic amines is 1. The first-order chi connectivity index (χ1) is 23.7. The Balaban J connectivity index is 0.000000194. The van der Waals surface area contributed by atoms with Crippen molar-refractivity contribution >= 4 is 45.2 Å². The summed E-state index contributed by atoms with van der Waals surface area (Å²) >= 11 is 6.05. The Hall–Kier alpha value is -4.73. The molecule has 6 rings (SSSR count). The number of nitrogens with zero attached hydrogens (tertiary/aromatic N) is 2. The van der Waals surface area contributed by atoms with E-state index in [1.54, 1.807) is 32.1 Å². The van der Waals surface area contributed by atoms with Crippen molar-refractivity contribution in [3.05, 3.63) is 94.3 Å². The predicted octanol–water partition coefficient (Wildman–Crippen LogP) is 6.21. The third-order valence-electron chi connectivity index (χ3n) is 7.57. The molecule has 0 bridgehead atoms. The Kier molecular flexibility index (Phi) is 11.3. The number of imidazole rings is 1. The van der Waals surface area contributed by atoms with Crippen LogP contribution in [0.4, 0.5) is 13.2 Å². The number of carbonyl (C=O) groups excluding carboxylic acids is 2. The fraction of sp³-hybridized carbons (Fsp3) is 0.294. The number of H-pyrrole nitrogens is 1. The van der Waals surface area contributed by atoms with E-state index in [-0.39, 0.29) is 52.1 Å². The number of phenols is 2. The molecule has 4 heterocycles. The minimum atomic E-state index is -4.42. The molecule has 4 aromatic rings. The lowest BCUT2D eigenvalue weighted by atomic mass is 10.00. The van der Waals surface area contributed by atoms with Gasteiger partial charge in [-0.05, 0) is 38.1 Å². The summed E-state index contributed by atoms with van der Waals surface area (Å²) in [7, 11) is -1.51. The lowest BCUT2D eigenvalue weighted by Gasteiger charge is -2.16. The molecule has 4 atom stereocenters. The lowest BCUT2D eigenvalue weighted by Crippen LogP contribution is -2.19. The van der Waals surface area contributed by atoms with Crippen LogP contribution in [0.25, 0.3) is 11.0 Å². The number of allylic oxidation sites excluding steroid dienone is 3. The topological polar surface area (TPSA) is 164 Å². The van der Waals surface area contributed by atoms with Gasteiger partial charge in [0, 0.05) is 36.2 Å². The first-order valence-corrected chi connectivity index (χ1v) is 16.8. The molecule has 1 saturated heterocycles. The number of phenolic OH excluding ortho intramolecular Hbond substituents is 2. The summed E-state index contributed by atoms with van der Waals surface area (Å²) in [6.07, 6.45) is 3.04. The van der Waals surface area contributed by atoms with Crippen LogP contribution in [-0.2, 0) is 37.2 Å². The van der Waals surface area contributed by atoms with Gasteiger partial charge in [0.2, 0.25) is 0 Å². The van der Waals surface area contributed by atoms with Gasteiger partial charge in [-0.3, -0.25) is 14.0 Å². The van der Waals surface area contributed by atoms with Crippen LogP contribution in [-0.4, -0.2) is 72.2 Å². The van der Waals surface area contributed by atoms with E-state index in [0.717, 1.165) is 11.6 Å². The van der Waals surface area contributed by atoms with E-state index in [9.17, 15) is 37.2 Å². The molecule has 1 fully saturated rings. The number of ketones is 1. The molecule has 0 radical (unpaired) electrons. The predicted molar refractivity (Wildman–Crippen MR) is 177 cm³/mol. The summed E-state index contributed by atoms with van der Waals surface area (Å²) in [4.78, 5) is 36.0. The van der Waals surface area contributed by atoms with Crippen LogP contribution in [0.1, 0.15) is 40.5 Å². The molecule has 2 aromatic carbocycles. The van der Waals surface area contributed by atoms with E-state index in [2.05, 4.69) is 15.0 Å². The molecule has 1 unspecified atom stereocenters. The largest absolute Gasteiger partial charge is 0.507 e. The number of benzene rings is 2. The van der Waals surface area contributed by atoms with Crippen molar-refractivity contribution < 1.29 is 51.4 Å². The molecule has 11 nitrogen and oxygen atoms in total. The third-order valence-corrected chi connectivity index (χ3v) is 9.15. The van der Waals surface area contributed by atoms with Crippen molar-refractivity contribution in [1.82, 2.24) is 15.0 Å². The van der Waals surface area contributed by atoms with Gasteiger partial charge in [-0.2, -0.15) is 13.2 Å². The van der Waals surface area contributed by atoms with Crippen LogP contribution in [0.2, 0.25) is 5.02 Å². The molecule has 2 aromatic heterocycles. The van der Waals surface area contributed by atoms with Gasteiger partial charge in [0.15, 0.2) is 17.5 Å². The van der Waals surface area contributed by atoms with Crippen LogP contribution in [0.3, 0.4) is 0 Å². The van der Waals surface area contributed by atoms with Gasteiger partial charge in [-0.15, -0.1) is 0 Å². The Labute approximate surface area is 291 Å². The minimum absolute atomic E-state index is 0.0227. The van der Waals surface area contributed by atoms with Gasteiger partial charge in [-0.25, -0.2) is 9.78 Å². The number of para-hydroxylation sites is 2. The van der Waals surface area contributed by atoms with Gasteiger partial charge in [0.05, 0.1) is 44.4 Å². The zero-order chi connectivity index (χ0) is 36.2. The van der Waals surface area contributed by atoms with Crippen LogP contribution in [0, 0.1) is 6.92 Å². The molecule has 2 aliphatic heterocycles. The van der Waals surface area contributed by atoms with E-state index < -0.39 is 47.2 Å². The summed E-state index contributed by atoms with van der Waals surface area (Å²) in [6.45, 7) is 1.92. The number of alkyl halides is 3. The number of rotatable bonds is 5. The smallest absolute Gasteiger partial charge is 0.422 e. The lowest BCUT2D eigenvalue weighted by molar-refractivity contribution is -0.153. The number of fused-ring (bicyclic) bond motifs is 3. The van der Waals surface area contributed by atoms with Gasteiger partial charge in [0.25, 0.3) is 0 Å². The second-order valence-electron chi connectivity index (χ2n) is 11.4. The molecule has 0 amide bonds. The van der Waals surface area contributed by atoms with Crippen molar-refractivity contribution in [2.24, 2.45) is 0 Å². The highest BCUT2D eigenvalue weighted by Crippen LogP contribution is 2.38. The highest BCUT2D eigenvalue weighted by molar-refractivity contribution is 7.84. The average Bonchev–Trinajstić information content (AvgIpc) is 3.62. The number of nitrogens with one attached hydrogen (secondary N) is 1. The van der Waals surface area contributed by atoms with Crippen molar-refractivity contribution in [2.75, 3.05) is 6.61 Å². The van der Waals surface area contributed by atoms with E-state index >= 15 is 0 Å². The fourth-order valence-electron chi connectivity index (χ4n) is 5.03. The summed E-state index contributed by atoms with van der Waals surface area (Å²) in [6, 6.07) is 9.58. The maximum absolute atomic E-state index is 12.5. The second kappa shape index (κ2) is 15.4. The number of halogens is 4. The molecule has 264 valence electrons. The third kappa shape index (κ3) is 9.28. The quantitative estimate of drug-likeness (QED) is 0.159. The van der Waals surface area contributed by atoms with Crippen molar-refractivity contribution in [3.63, 3.8) is 0 Å². The first kappa shape index (κ1) is 36.5. The Bertz CT molecular complexity index is 1970. The van der Waals surface area contributed by atoms with E-state index in [1.165, 1.54) is 18.3 Å². The van der Waals surface area contributed by atoms with Gasteiger partial charge >= 0.3 is 12.1 Å². The van der Waals surface area contributed by atoms with Gasteiger partial charge < -0.3 is 29.4 Å². The molecule has 50 heavy (non-hydrogen) atoms. The number of hydrogen-bond donors (Lipinski definition) is 3. The van der Waals surface area contributed by atoms with Crippen LogP contribution in [0.5, 0.6) is 17.2 Å². The van der Waals surface area contributed by atoms with Crippen molar-refractivity contribution in [3.8, 4) is 17.2 Å². The van der Waals surface area contributed by atoms with Gasteiger partial charge in [0.1, 0.15) is 35.0 Å². The molecule has 3 N–H and O–H groups in total. The summed E-state index contributed by atoms with van der Waals surface area (Å²) in [5.74, 6) is -1.95.